The number of aryl methyl sites for hydroxylation is 1. The first-order valence-electron chi connectivity index (χ1n) is 10.9. The molecule has 0 saturated carbocycles. The van der Waals surface area contributed by atoms with E-state index in [2.05, 4.69) is 31.5 Å². The lowest BCUT2D eigenvalue weighted by Crippen LogP contribution is -2.23. The van der Waals surface area contributed by atoms with Crippen molar-refractivity contribution in [1.29, 1.82) is 5.26 Å². The molecular weight excluding hydrogens is 416 g/mol. The summed E-state index contributed by atoms with van der Waals surface area (Å²) in [6, 6.07) is 15.8. The Hall–Kier alpha value is -4.03. The second-order valence-corrected chi connectivity index (χ2v) is 8.32. The van der Waals surface area contributed by atoms with Gasteiger partial charge in [0.15, 0.2) is 5.82 Å². The zero-order chi connectivity index (χ0) is 22.9. The standard InChI is InChI=1S/C24H24N8O/c1-15-3-7-22(30-29-15)27-18-4-6-21-20(11-18)26-14-32(21)23-8-5-19(16(2)33)24(28-23)31-10-9-17(12-25)13-31/h3-8,11,14,16-17,33H,9-10,13H2,1-2H3,(H,27,30). The largest absolute Gasteiger partial charge is 0.389 e. The molecule has 166 valence electrons. The minimum atomic E-state index is -0.652. The number of aliphatic hydroxyl groups excluding tert-OH is 1. The van der Waals surface area contributed by atoms with Crippen LogP contribution in [0.5, 0.6) is 0 Å². The van der Waals surface area contributed by atoms with Crippen LogP contribution in [0, 0.1) is 24.2 Å². The number of benzene rings is 1. The molecule has 1 aromatic carbocycles. The zero-order valence-electron chi connectivity index (χ0n) is 18.5. The zero-order valence-corrected chi connectivity index (χ0v) is 18.5. The normalized spacial score (nSPS) is 16.7. The molecule has 0 radical (unpaired) electrons. The van der Waals surface area contributed by atoms with E-state index in [4.69, 9.17) is 4.98 Å². The van der Waals surface area contributed by atoms with Crippen LogP contribution in [0.1, 0.15) is 30.7 Å². The number of hydrogen-bond donors (Lipinski definition) is 2. The molecule has 0 amide bonds. The summed E-state index contributed by atoms with van der Waals surface area (Å²) >= 11 is 0. The lowest BCUT2D eigenvalue weighted by Gasteiger charge is -2.22. The first-order chi connectivity index (χ1) is 16.0. The summed E-state index contributed by atoms with van der Waals surface area (Å²) in [7, 11) is 0. The summed E-state index contributed by atoms with van der Waals surface area (Å²) in [4.78, 5) is 11.5. The van der Waals surface area contributed by atoms with Crippen molar-refractivity contribution in [3.8, 4) is 11.9 Å². The van der Waals surface area contributed by atoms with Gasteiger partial charge in [0.05, 0.1) is 34.8 Å². The summed E-state index contributed by atoms with van der Waals surface area (Å²) in [6.45, 7) is 5.00. The highest BCUT2D eigenvalue weighted by atomic mass is 16.3. The van der Waals surface area contributed by atoms with Crippen molar-refractivity contribution in [3.05, 3.63) is 60.0 Å². The summed E-state index contributed by atoms with van der Waals surface area (Å²) < 4.78 is 1.93. The Morgan fingerprint density at radius 2 is 2.06 bits per heavy atom. The molecule has 1 aliphatic heterocycles. The van der Waals surface area contributed by atoms with Gasteiger partial charge in [-0.25, -0.2) is 9.97 Å². The van der Waals surface area contributed by atoms with Gasteiger partial charge in [0.2, 0.25) is 0 Å². The molecule has 3 aromatic heterocycles. The minimum absolute atomic E-state index is 0.0180. The third-order valence-corrected chi connectivity index (χ3v) is 5.88. The van der Waals surface area contributed by atoms with Crippen LogP contribution in [0.2, 0.25) is 0 Å². The Morgan fingerprint density at radius 1 is 1.18 bits per heavy atom. The summed E-state index contributed by atoms with van der Waals surface area (Å²) in [5.74, 6) is 2.08. The van der Waals surface area contributed by atoms with Gasteiger partial charge in [0, 0.05) is 24.3 Å². The van der Waals surface area contributed by atoms with E-state index in [-0.39, 0.29) is 5.92 Å². The molecule has 0 aliphatic carbocycles. The van der Waals surface area contributed by atoms with Crippen LogP contribution < -0.4 is 10.2 Å². The highest BCUT2D eigenvalue weighted by Gasteiger charge is 2.26. The van der Waals surface area contributed by atoms with E-state index >= 15 is 0 Å². The molecule has 4 heterocycles. The summed E-state index contributed by atoms with van der Waals surface area (Å²) in [5.41, 5.74) is 4.21. The number of anilines is 3. The van der Waals surface area contributed by atoms with Gasteiger partial charge in [-0.15, -0.1) is 5.10 Å². The fourth-order valence-corrected chi connectivity index (χ4v) is 4.11. The average molecular weight is 441 g/mol. The maximum atomic E-state index is 10.3. The predicted octanol–water partition coefficient (Wildman–Crippen LogP) is 3.67. The first-order valence-corrected chi connectivity index (χ1v) is 10.9. The molecule has 0 bridgehead atoms. The molecule has 0 spiro atoms. The summed E-state index contributed by atoms with van der Waals surface area (Å²) in [5, 5.41) is 31.0. The Balaban J connectivity index is 1.48. The molecule has 4 aromatic rings. The van der Waals surface area contributed by atoms with Gasteiger partial charge in [-0.05, 0) is 62.7 Å². The van der Waals surface area contributed by atoms with Crippen molar-refractivity contribution in [2.45, 2.75) is 26.4 Å². The number of fused-ring (bicyclic) bond motifs is 1. The fraction of sp³-hybridized carbons (Fsp3) is 0.292. The van der Waals surface area contributed by atoms with Crippen LogP contribution in [0.25, 0.3) is 16.9 Å². The lowest BCUT2D eigenvalue weighted by molar-refractivity contribution is 0.199. The number of aromatic nitrogens is 5. The van der Waals surface area contributed by atoms with Crippen LogP contribution in [-0.2, 0) is 0 Å². The molecule has 33 heavy (non-hydrogen) atoms. The molecule has 1 saturated heterocycles. The molecule has 2 atom stereocenters. The van der Waals surface area contributed by atoms with E-state index in [0.717, 1.165) is 46.8 Å². The number of nitrogens with one attached hydrogen (secondary N) is 1. The highest BCUT2D eigenvalue weighted by molar-refractivity contribution is 5.82. The van der Waals surface area contributed by atoms with E-state index in [9.17, 15) is 10.4 Å². The van der Waals surface area contributed by atoms with Gasteiger partial charge >= 0.3 is 0 Å². The number of pyridine rings is 1. The van der Waals surface area contributed by atoms with Gasteiger partial charge in [-0.1, -0.05) is 0 Å². The second-order valence-electron chi connectivity index (χ2n) is 8.32. The number of aliphatic hydroxyl groups is 1. The van der Waals surface area contributed by atoms with Gasteiger partial charge in [0.25, 0.3) is 0 Å². The molecule has 9 heteroatoms. The Kier molecular flexibility index (Phi) is 5.36. The monoisotopic (exact) mass is 440 g/mol. The highest BCUT2D eigenvalue weighted by Crippen LogP contribution is 2.31. The number of hydrogen-bond acceptors (Lipinski definition) is 8. The van der Waals surface area contributed by atoms with Gasteiger partial charge < -0.3 is 15.3 Å². The van der Waals surface area contributed by atoms with E-state index in [1.165, 1.54) is 0 Å². The van der Waals surface area contributed by atoms with Crippen molar-refractivity contribution >= 4 is 28.4 Å². The van der Waals surface area contributed by atoms with E-state index < -0.39 is 6.10 Å². The van der Waals surface area contributed by atoms with Gasteiger partial charge in [-0.2, -0.15) is 10.4 Å². The van der Waals surface area contributed by atoms with Crippen molar-refractivity contribution in [1.82, 2.24) is 24.7 Å². The smallest absolute Gasteiger partial charge is 0.153 e. The van der Waals surface area contributed by atoms with Crippen molar-refractivity contribution in [3.63, 3.8) is 0 Å². The number of nitriles is 1. The molecule has 2 unspecified atom stereocenters. The van der Waals surface area contributed by atoms with Crippen molar-refractivity contribution < 1.29 is 5.11 Å². The number of imidazole rings is 1. The van der Waals surface area contributed by atoms with Crippen LogP contribution >= 0.6 is 0 Å². The maximum Gasteiger partial charge on any atom is 0.153 e. The quantitative estimate of drug-likeness (QED) is 0.483. The van der Waals surface area contributed by atoms with Crippen LogP contribution in [0.4, 0.5) is 17.3 Å². The third-order valence-electron chi connectivity index (χ3n) is 5.88. The van der Waals surface area contributed by atoms with E-state index in [1.807, 2.05) is 54.0 Å². The Labute approximate surface area is 191 Å². The molecule has 1 aliphatic rings. The van der Waals surface area contributed by atoms with Crippen LogP contribution in [-0.4, -0.2) is 42.9 Å². The molecule has 1 fully saturated rings. The molecular formula is C24H24N8O. The summed E-state index contributed by atoms with van der Waals surface area (Å²) in [6.07, 6.45) is 1.90. The lowest BCUT2D eigenvalue weighted by atomic mass is 10.1. The molecule has 9 nitrogen and oxygen atoms in total. The van der Waals surface area contributed by atoms with Gasteiger partial charge in [-0.3, -0.25) is 4.57 Å². The Bertz CT molecular complexity index is 1340. The molecule has 5 rings (SSSR count). The predicted molar refractivity (Wildman–Crippen MR) is 125 cm³/mol. The fourth-order valence-electron chi connectivity index (χ4n) is 4.11. The number of nitrogens with zero attached hydrogens (tertiary/aromatic N) is 7. The topological polar surface area (TPSA) is 116 Å². The SMILES string of the molecule is Cc1ccc(Nc2ccc3c(c2)ncn3-c2ccc(C(C)O)c(N3CCC(C#N)C3)n2)nn1. The van der Waals surface area contributed by atoms with E-state index in [0.29, 0.717) is 18.2 Å². The second kappa shape index (κ2) is 8.48. The average Bonchev–Trinajstić information content (AvgIpc) is 3.47. The van der Waals surface area contributed by atoms with Crippen molar-refractivity contribution in [2.24, 2.45) is 5.92 Å². The van der Waals surface area contributed by atoms with Crippen molar-refractivity contribution in [2.75, 3.05) is 23.3 Å². The first kappa shape index (κ1) is 20.8. The van der Waals surface area contributed by atoms with Gasteiger partial charge in [0.1, 0.15) is 18.0 Å². The minimum Gasteiger partial charge on any atom is -0.389 e. The number of rotatable bonds is 5. The Morgan fingerprint density at radius 3 is 2.79 bits per heavy atom. The maximum absolute atomic E-state index is 10.3. The van der Waals surface area contributed by atoms with Crippen LogP contribution in [0.3, 0.4) is 0 Å². The van der Waals surface area contributed by atoms with Crippen LogP contribution in [0.15, 0.2) is 48.8 Å². The third kappa shape index (κ3) is 4.08. The molecule has 2 N–H and O–H groups in total. The van der Waals surface area contributed by atoms with E-state index in [1.54, 1.807) is 13.3 Å².